The highest BCUT2D eigenvalue weighted by Gasteiger charge is 2.39. The lowest BCUT2D eigenvalue weighted by Gasteiger charge is -2.10. The number of anilines is 1. The third kappa shape index (κ3) is 2.92. The van der Waals surface area contributed by atoms with Crippen LogP contribution in [0.3, 0.4) is 0 Å². The van der Waals surface area contributed by atoms with Crippen LogP contribution < -0.4 is 4.90 Å². The van der Waals surface area contributed by atoms with Gasteiger partial charge >= 0.3 is 0 Å². The van der Waals surface area contributed by atoms with E-state index in [4.69, 9.17) is 10.7 Å². The fraction of sp³-hybridized carbons (Fsp3) is 0.250. The van der Waals surface area contributed by atoms with Gasteiger partial charge in [-0.3, -0.25) is 9.69 Å². The molecule has 1 unspecified atom stereocenters. The Morgan fingerprint density at radius 3 is 2.57 bits per heavy atom. The fourth-order valence-electron chi connectivity index (χ4n) is 2.07. The number of halogens is 1. The van der Waals surface area contributed by atoms with Crippen LogP contribution in [0, 0.1) is 0 Å². The summed E-state index contributed by atoms with van der Waals surface area (Å²) in [6.45, 7) is 0.0219. The molecule has 1 saturated heterocycles. The fourth-order valence-corrected chi connectivity index (χ4v) is 3.97. The summed E-state index contributed by atoms with van der Waals surface area (Å²) in [6, 6.07) is 9.44. The van der Waals surface area contributed by atoms with Gasteiger partial charge in [0.25, 0.3) is 0 Å². The summed E-state index contributed by atoms with van der Waals surface area (Å²) in [4.78, 5) is 13.2. The van der Waals surface area contributed by atoms with Crippen molar-refractivity contribution in [3.05, 3.63) is 30.3 Å². The molecule has 0 N–H and O–H groups in total. The predicted molar refractivity (Wildman–Crippen MR) is 80.9 cm³/mol. The molecular weight excluding hydrogens is 334 g/mol. The molecule has 3 rings (SSSR count). The van der Waals surface area contributed by atoms with Gasteiger partial charge < -0.3 is 0 Å². The standard InChI is InChI=1S/C12H10ClN3O3S2/c13-21(18,19)9-6-10(17)16(7-9)12-15-14-11(20-12)8-4-2-1-3-5-8/h1-5,9H,6-7H2. The molecular formula is C12H10ClN3O3S2. The number of carbonyl (C=O) groups excluding carboxylic acids is 1. The maximum absolute atomic E-state index is 11.9. The van der Waals surface area contributed by atoms with Gasteiger partial charge in [-0.05, 0) is 0 Å². The number of benzene rings is 1. The third-order valence-electron chi connectivity index (χ3n) is 3.15. The Kier molecular flexibility index (Phi) is 3.68. The maximum Gasteiger partial charge on any atom is 0.237 e. The zero-order valence-corrected chi connectivity index (χ0v) is 13.0. The van der Waals surface area contributed by atoms with Crippen molar-refractivity contribution in [2.75, 3.05) is 11.4 Å². The van der Waals surface area contributed by atoms with Gasteiger partial charge in [0, 0.05) is 29.2 Å². The number of nitrogens with zero attached hydrogens (tertiary/aromatic N) is 3. The first-order valence-electron chi connectivity index (χ1n) is 6.08. The second kappa shape index (κ2) is 5.36. The second-order valence-corrected chi connectivity index (χ2v) is 8.43. The van der Waals surface area contributed by atoms with Crippen molar-refractivity contribution in [2.45, 2.75) is 11.7 Å². The Hall–Kier alpha value is -1.51. The molecule has 1 aliphatic heterocycles. The van der Waals surface area contributed by atoms with Crippen LogP contribution in [0.1, 0.15) is 6.42 Å². The Morgan fingerprint density at radius 2 is 1.95 bits per heavy atom. The van der Waals surface area contributed by atoms with Crippen molar-refractivity contribution < 1.29 is 13.2 Å². The molecule has 0 bridgehead atoms. The minimum atomic E-state index is -3.76. The van der Waals surface area contributed by atoms with E-state index in [0.29, 0.717) is 10.1 Å². The molecule has 1 aliphatic rings. The van der Waals surface area contributed by atoms with E-state index in [0.717, 1.165) is 5.56 Å². The van der Waals surface area contributed by atoms with Gasteiger partial charge in [0.15, 0.2) is 0 Å². The first-order chi connectivity index (χ1) is 9.95. The maximum atomic E-state index is 11.9. The highest BCUT2D eigenvalue weighted by Crippen LogP contribution is 2.32. The first-order valence-corrected chi connectivity index (χ1v) is 9.27. The summed E-state index contributed by atoms with van der Waals surface area (Å²) < 4.78 is 22.7. The largest absolute Gasteiger partial charge is 0.285 e. The number of hydrogen-bond acceptors (Lipinski definition) is 6. The van der Waals surface area contributed by atoms with E-state index >= 15 is 0 Å². The number of carbonyl (C=O) groups is 1. The number of rotatable bonds is 3. The molecule has 21 heavy (non-hydrogen) atoms. The van der Waals surface area contributed by atoms with Gasteiger partial charge in [0.1, 0.15) is 10.3 Å². The van der Waals surface area contributed by atoms with Gasteiger partial charge in [0.2, 0.25) is 20.1 Å². The van der Waals surface area contributed by atoms with Crippen molar-refractivity contribution in [2.24, 2.45) is 0 Å². The molecule has 2 heterocycles. The predicted octanol–water partition coefficient (Wildman–Crippen LogP) is 1.88. The molecule has 1 atom stereocenters. The lowest BCUT2D eigenvalue weighted by atomic mass is 10.2. The Labute approximate surface area is 129 Å². The molecule has 0 saturated carbocycles. The summed E-state index contributed by atoms with van der Waals surface area (Å²) in [6.07, 6.45) is -0.119. The molecule has 0 aliphatic carbocycles. The first kappa shape index (κ1) is 14.4. The molecule has 1 fully saturated rings. The summed E-state index contributed by atoms with van der Waals surface area (Å²) in [5.41, 5.74) is 0.898. The van der Waals surface area contributed by atoms with E-state index in [-0.39, 0.29) is 18.9 Å². The summed E-state index contributed by atoms with van der Waals surface area (Å²) in [7, 11) is 1.56. The average molecular weight is 344 g/mol. The van der Waals surface area contributed by atoms with E-state index in [2.05, 4.69) is 10.2 Å². The monoisotopic (exact) mass is 343 g/mol. The van der Waals surface area contributed by atoms with Gasteiger partial charge in [-0.2, -0.15) is 0 Å². The SMILES string of the molecule is O=C1CC(S(=O)(=O)Cl)CN1c1nnc(-c2ccccc2)s1. The van der Waals surface area contributed by atoms with Crippen LogP contribution in [-0.2, 0) is 13.8 Å². The number of amides is 1. The van der Waals surface area contributed by atoms with E-state index < -0.39 is 14.3 Å². The second-order valence-electron chi connectivity index (χ2n) is 4.56. The normalized spacial score (nSPS) is 19.2. The summed E-state index contributed by atoms with van der Waals surface area (Å²) >= 11 is 1.24. The van der Waals surface area contributed by atoms with Gasteiger partial charge in [-0.15, -0.1) is 10.2 Å². The highest BCUT2D eigenvalue weighted by atomic mass is 35.7. The molecule has 1 aromatic carbocycles. The molecule has 9 heteroatoms. The number of hydrogen-bond donors (Lipinski definition) is 0. The zero-order chi connectivity index (χ0) is 15.0. The van der Waals surface area contributed by atoms with Crippen molar-refractivity contribution in [3.63, 3.8) is 0 Å². The third-order valence-corrected chi connectivity index (χ3v) is 6.02. The summed E-state index contributed by atoms with van der Waals surface area (Å²) in [5.74, 6) is -0.306. The molecule has 6 nitrogen and oxygen atoms in total. The van der Waals surface area contributed by atoms with E-state index in [9.17, 15) is 13.2 Å². The van der Waals surface area contributed by atoms with Gasteiger partial charge in [0.05, 0.1) is 0 Å². The van der Waals surface area contributed by atoms with Gasteiger partial charge in [-0.25, -0.2) is 8.42 Å². The van der Waals surface area contributed by atoms with Crippen molar-refractivity contribution >= 4 is 42.1 Å². The minimum absolute atomic E-state index is 0.0219. The van der Waals surface area contributed by atoms with Crippen LogP contribution in [0.2, 0.25) is 0 Å². The molecule has 110 valence electrons. The lowest BCUT2D eigenvalue weighted by Crippen LogP contribution is -2.26. The van der Waals surface area contributed by atoms with Crippen LogP contribution in [0.25, 0.3) is 10.6 Å². The highest BCUT2D eigenvalue weighted by molar-refractivity contribution is 8.14. The lowest BCUT2D eigenvalue weighted by molar-refractivity contribution is -0.117. The molecule has 1 aromatic heterocycles. The van der Waals surface area contributed by atoms with E-state index in [1.54, 1.807) is 0 Å². The topological polar surface area (TPSA) is 80.2 Å². The summed E-state index contributed by atoms with van der Waals surface area (Å²) in [5, 5.41) is 8.20. The zero-order valence-electron chi connectivity index (χ0n) is 10.6. The van der Waals surface area contributed by atoms with E-state index in [1.165, 1.54) is 16.2 Å². The van der Waals surface area contributed by atoms with Crippen molar-refractivity contribution in [1.82, 2.24) is 10.2 Å². The molecule has 0 spiro atoms. The minimum Gasteiger partial charge on any atom is -0.285 e. The Morgan fingerprint density at radius 1 is 1.24 bits per heavy atom. The van der Waals surface area contributed by atoms with Crippen LogP contribution in [0.15, 0.2) is 30.3 Å². The van der Waals surface area contributed by atoms with E-state index in [1.807, 2.05) is 30.3 Å². The van der Waals surface area contributed by atoms with Gasteiger partial charge in [-0.1, -0.05) is 41.7 Å². The van der Waals surface area contributed by atoms with Crippen LogP contribution in [-0.4, -0.2) is 36.3 Å². The Balaban J connectivity index is 1.86. The quantitative estimate of drug-likeness (QED) is 0.795. The number of aromatic nitrogens is 2. The smallest absolute Gasteiger partial charge is 0.237 e. The molecule has 2 aromatic rings. The van der Waals surface area contributed by atoms with Crippen molar-refractivity contribution in [3.8, 4) is 10.6 Å². The van der Waals surface area contributed by atoms with Crippen molar-refractivity contribution in [1.29, 1.82) is 0 Å². The van der Waals surface area contributed by atoms with Crippen LogP contribution >= 0.6 is 22.0 Å². The Bertz CT molecular complexity index is 776. The van der Waals surface area contributed by atoms with Crippen LogP contribution in [0.4, 0.5) is 5.13 Å². The molecule has 0 radical (unpaired) electrons. The molecule has 1 amide bonds. The average Bonchev–Trinajstić information content (AvgIpc) is 3.05. The van der Waals surface area contributed by atoms with Crippen LogP contribution in [0.5, 0.6) is 0 Å².